The van der Waals surface area contributed by atoms with Crippen LogP contribution in [0.1, 0.15) is 34.6 Å². The van der Waals surface area contributed by atoms with Crippen molar-refractivity contribution < 1.29 is 39.8 Å². The Bertz CT molecular complexity index is 543. The molecule has 0 radical (unpaired) electrons. The summed E-state index contributed by atoms with van der Waals surface area (Å²) >= 11 is 5.35. The van der Waals surface area contributed by atoms with Crippen LogP contribution in [0.25, 0.3) is 16.0 Å². The van der Waals surface area contributed by atoms with E-state index in [4.69, 9.17) is 39.3 Å². The average molecular weight is 507 g/mol. The summed E-state index contributed by atoms with van der Waals surface area (Å²) in [6.07, 6.45) is 8.36. The van der Waals surface area contributed by atoms with Crippen LogP contribution in [0.2, 0.25) is 0 Å². The van der Waals surface area contributed by atoms with Crippen LogP contribution in [0.4, 0.5) is 0 Å². The Morgan fingerprint density at radius 2 is 1.41 bits per heavy atom. The maximum atomic E-state index is 8.59. The van der Waals surface area contributed by atoms with Gasteiger partial charge in [0.25, 0.3) is 0 Å². The van der Waals surface area contributed by atoms with E-state index in [1.54, 1.807) is 40.8 Å². The quantitative estimate of drug-likeness (QED) is 0.145. The number of halogens is 2. The Hall–Kier alpha value is -0.570. The van der Waals surface area contributed by atoms with E-state index in [0.717, 1.165) is 25.5 Å². The molecular weight excluding hydrogens is 466 g/mol. The zero-order valence-corrected chi connectivity index (χ0v) is 24.9. The number of hydrogen-bond acceptors (Lipinski definition) is 6. The van der Waals surface area contributed by atoms with Gasteiger partial charge in [-0.15, -0.1) is 35.5 Å². The Morgan fingerprint density at radius 3 is 1.56 bits per heavy atom. The van der Waals surface area contributed by atoms with Gasteiger partial charge >= 0.3 is 29.6 Å². The monoisotopic (exact) mass is 506 g/mol. The molecule has 0 amide bonds. The van der Waals surface area contributed by atoms with Gasteiger partial charge in [-0.2, -0.15) is 0 Å². The smallest absolute Gasteiger partial charge is 0.391 e. The molecule has 0 aromatic carbocycles. The zero-order valence-electron chi connectivity index (χ0n) is 21.3. The van der Waals surface area contributed by atoms with Crippen LogP contribution in [0, 0.1) is 12.3 Å². The standard InChI is InChI=1S/C6H12N4.C5H8O.C4H10ClN.C4H10O.ClH.N3.Na/c1-9(2)5-6-10-4-3-7-8-10;1-4-5(2,3)6;1-6(2)4-3-5;1-4(2,3)5;;1-3-2;/h3-4H,5-6H2,1-2H3;1,6H,2-3H3;3-4H2,1-2H3;5H,1-3H3;1H;;/q;;;;;-1;+1. The largest absolute Gasteiger partial charge is 1.00 e. The SMILES string of the molecule is C#CC(C)(C)O.CC(C)(C)O.CN(C)CCCl.CN(C)CCn1ccnn1.Cl.[N-]=[N+]=[N-].[Na+]. The molecule has 1 heterocycles. The molecule has 0 saturated heterocycles. The van der Waals surface area contributed by atoms with Crippen LogP contribution < -0.4 is 29.6 Å². The molecule has 0 aliphatic heterocycles. The van der Waals surface area contributed by atoms with Gasteiger partial charge in [-0.1, -0.05) is 11.1 Å². The summed E-state index contributed by atoms with van der Waals surface area (Å²) in [6.45, 7) is 11.2. The van der Waals surface area contributed by atoms with Crippen molar-refractivity contribution in [2.75, 3.05) is 47.2 Å². The molecule has 0 fully saturated rings. The number of rotatable bonds is 5. The van der Waals surface area contributed by atoms with Gasteiger partial charge in [0.05, 0.1) is 18.3 Å². The second-order valence-electron chi connectivity index (χ2n) is 7.93. The van der Waals surface area contributed by atoms with E-state index in [1.807, 2.05) is 44.0 Å². The van der Waals surface area contributed by atoms with Crippen LogP contribution in [0.3, 0.4) is 0 Å². The third-order valence-electron chi connectivity index (χ3n) is 2.13. The summed E-state index contributed by atoms with van der Waals surface area (Å²) in [5.41, 5.74) is 12.1. The molecule has 0 aliphatic carbocycles. The van der Waals surface area contributed by atoms with Crippen molar-refractivity contribution in [1.82, 2.24) is 24.8 Å². The van der Waals surface area contributed by atoms with Crippen molar-refractivity contribution in [2.24, 2.45) is 0 Å². The molecule has 32 heavy (non-hydrogen) atoms. The van der Waals surface area contributed by atoms with Gasteiger partial charge in [-0.25, -0.2) is 0 Å². The Morgan fingerprint density at radius 1 is 1.06 bits per heavy atom. The van der Waals surface area contributed by atoms with E-state index in [-0.39, 0.29) is 42.0 Å². The molecule has 184 valence electrons. The number of alkyl halides is 1. The van der Waals surface area contributed by atoms with Crippen molar-refractivity contribution in [3.05, 3.63) is 28.4 Å². The predicted octanol–water partition coefficient (Wildman–Crippen LogP) is 0.0861. The summed E-state index contributed by atoms with van der Waals surface area (Å²) in [5.74, 6) is 2.89. The summed E-state index contributed by atoms with van der Waals surface area (Å²) in [5, 5.41) is 24.6. The van der Waals surface area contributed by atoms with Crippen molar-refractivity contribution >= 4 is 24.0 Å². The second-order valence-corrected chi connectivity index (χ2v) is 8.30. The average Bonchev–Trinajstić information content (AvgIpc) is 3.06. The molecule has 2 N–H and O–H groups in total. The van der Waals surface area contributed by atoms with Gasteiger partial charge in [-0.3, -0.25) is 9.59 Å². The molecule has 1 aromatic rings. The molecule has 1 rings (SSSR count). The van der Waals surface area contributed by atoms with Gasteiger partial charge in [0.1, 0.15) is 5.60 Å². The van der Waals surface area contributed by atoms with Crippen LogP contribution in [0.15, 0.2) is 12.4 Å². The number of likely N-dealkylation sites (N-methyl/N-ethyl adjacent to an activating group) is 1. The van der Waals surface area contributed by atoms with Crippen molar-refractivity contribution in [1.29, 1.82) is 0 Å². The number of hydrogen-bond donors (Lipinski definition) is 2. The summed E-state index contributed by atoms with van der Waals surface area (Å²) < 4.78 is 1.82. The Balaban J connectivity index is -0.0000000687. The summed E-state index contributed by atoms with van der Waals surface area (Å²) in [6, 6.07) is 0. The summed E-state index contributed by atoms with van der Waals surface area (Å²) in [7, 11) is 8.08. The molecule has 0 atom stereocenters. The van der Waals surface area contributed by atoms with E-state index in [2.05, 4.69) is 21.1 Å². The first kappa shape index (κ1) is 45.0. The fraction of sp³-hybridized carbons (Fsp3) is 0.789. The summed E-state index contributed by atoms with van der Waals surface area (Å²) in [4.78, 5) is 5.66. The second kappa shape index (κ2) is 28.5. The van der Waals surface area contributed by atoms with E-state index in [9.17, 15) is 0 Å². The predicted molar refractivity (Wildman–Crippen MR) is 132 cm³/mol. The van der Waals surface area contributed by atoms with E-state index in [1.165, 1.54) is 4.91 Å². The van der Waals surface area contributed by atoms with Gasteiger partial charge in [0, 0.05) is 25.2 Å². The Kier molecular flexibility index (Phi) is 40.0. The molecular formula is C19H41Cl2N8NaO2. The van der Waals surface area contributed by atoms with Gasteiger partial charge < -0.3 is 31.1 Å². The molecule has 13 heteroatoms. The Labute approximate surface area is 227 Å². The number of nitrogens with zero attached hydrogens (tertiary/aromatic N) is 8. The minimum absolute atomic E-state index is 0. The third kappa shape index (κ3) is 78.3. The van der Waals surface area contributed by atoms with Crippen molar-refractivity contribution in [3.63, 3.8) is 0 Å². The zero-order chi connectivity index (χ0) is 24.8. The number of terminal acetylenes is 1. The normalized spacial score (nSPS) is 9.28. The molecule has 0 saturated carbocycles. The molecule has 10 nitrogen and oxygen atoms in total. The molecule has 0 bridgehead atoms. The van der Waals surface area contributed by atoms with E-state index in [0.29, 0.717) is 0 Å². The van der Waals surface area contributed by atoms with Crippen molar-refractivity contribution in [3.8, 4) is 12.3 Å². The van der Waals surface area contributed by atoms with Crippen LogP contribution in [-0.4, -0.2) is 93.4 Å². The minimum Gasteiger partial charge on any atom is -0.391 e. The number of aromatic nitrogens is 3. The first-order chi connectivity index (χ1) is 13.5. The molecule has 0 unspecified atom stereocenters. The van der Waals surface area contributed by atoms with Gasteiger partial charge in [-0.05, 0) is 62.8 Å². The molecule has 0 aliphatic rings. The minimum atomic E-state index is -0.931. The fourth-order valence-corrected chi connectivity index (χ4v) is 1.16. The fourth-order valence-electron chi connectivity index (χ4n) is 0.823. The van der Waals surface area contributed by atoms with E-state index < -0.39 is 11.2 Å². The van der Waals surface area contributed by atoms with Crippen LogP contribution >= 0.6 is 24.0 Å². The van der Waals surface area contributed by atoms with Gasteiger partial charge in [0.2, 0.25) is 0 Å². The van der Waals surface area contributed by atoms with Crippen molar-refractivity contribution in [2.45, 2.75) is 52.4 Å². The molecule has 0 spiro atoms. The molecule has 1 aromatic heterocycles. The maximum Gasteiger partial charge on any atom is 1.00 e. The first-order valence-electron chi connectivity index (χ1n) is 9.14. The van der Waals surface area contributed by atoms with Gasteiger partial charge in [0.15, 0.2) is 0 Å². The first-order valence-corrected chi connectivity index (χ1v) is 9.67. The van der Waals surface area contributed by atoms with E-state index >= 15 is 0 Å². The number of aliphatic hydroxyl groups is 2. The maximum absolute atomic E-state index is 8.59. The third-order valence-corrected chi connectivity index (χ3v) is 2.30. The van der Waals surface area contributed by atoms with Crippen LogP contribution in [-0.2, 0) is 6.54 Å². The topological polar surface area (TPSA) is 136 Å². The van der Waals surface area contributed by atoms with Crippen LogP contribution in [0.5, 0.6) is 0 Å².